The zero-order valence-electron chi connectivity index (χ0n) is 10.6. The monoisotopic (exact) mass is 230 g/mol. The van der Waals surface area contributed by atoms with E-state index in [1.54, 1.807) is 13.8 Å². The van der Waals surface area contributed by atoms with Crippen LogP contribution in [-0.2, 0) is 14.3 Å². The van der Waals surface area contributed by atoms with Crippen LogP contribution < -0.4 is 0 Å². The molecular formula is C12H22O4. The number of aldehydes is 1. The summed E-state index contributed by atoms with van der Waals surface area (Å²) in [6.45, 7) is 7.34. The lowest BCUT2D eigenvalue weighted by Crippen LogP contribution is -2.41. The Morgan fingerprint density at radius 3 is 2.31 bits per heavy atom. The molecule has 0 aromatic rings. The van der Waals surface area contributed by atoms with Gasteiger partial charge in [0, 0.05) is 6.42 Å². The quantitative estimate of drug-likeness (QED) is 0.532. The van der Waals surface area contributed by atoms with E-state index >= 15 is 0 Å². The third-order valence-corrected chi connectivity index (χ3v) is 3.41. The summed E-state index contributed by atoms with van der Waals surface area (Å²) in [7, 11) is 0. The Morgan fingerprint density at radius 2 is 1.88 bits per heavy atom. The van der Waals surface area contributed by atoms with Crippen molar-refractivity contribution in [3.63, 3.8) is 0 Å². The van der Waals surface area contributed by atoms with Crippen LogP contribution in [0, 0.1) is 10.8 Å². The number of ether oxygens (including phenoxy) is 1. The van der Waals surface area contributed by atoms with Crippen LogP contribution in [0.1, 0.15) is 40.5 Å². The first-order chi connectivity index (χ1) is 7.29. The molecule has 0 saturated heterocycles. The van der Waals surface area contributed by atoms with Crippen molar-refractivity contribution in [2.24, 2.45) is 10.8 Å². The zero-order chi connectivity index (χ0) is 12.8. The molecule has 1 N–H and O–H groups in total. The van der Waals surface area contributed by atoms with Crippen molar-refractivity contribution in [1.82, 2.24) is 0 Å². The molecule has 0 bridgehead atoms. The van der Waals surface area contributed by atoms with Gasteiger partial charge in [0.25, 0.3) is 0 Å². The summed E-state index contributed by atoms with van der Waals surface area (Å²) in [6, 6.07) is 0. The van der Waals surface area contributed by atoms with Gasteiger partial charge in [-0.05, 0) is 25.7 Å². The van der Waals surface area contributed by atoms with E-state index in [-0.39, 0.29) is 24.6 Å². The second-order valence-corrected chi connectivity index (χ2v) is 5.07. The summed E-state index contributed by atoms with van der Waals surface area (Å²) < 4.78 is 4.95. The lowest BCUT2D eigenvalue weighted by molar-refractivity contribution is -0.162. The maximum absolute atomic E-state index is 11.8. The van der Waals surface area contributed by atoms with Crippen LogP contribution >= 0.6 is 0 Å². The van der Waals surface area contributed by atoms with Crippen LogP contribution in [0.4, 0.5) is 0 Å². The van der Waals surface area contributed by atoms with Crippen LogP contribution in [0.15, 0.2) is 0 Å². The average Bonchev–Trinajstić information content (AvgIpc) is 2.22. The summed E-state index contributed by atoms with van der Waals surface area (Å²) in [6.07, 6.45) is 1.93. The minimum Gasteiger partial charge on any atom is -0.463 e. The average molecular weight is 230 g/mol. The molecule has 0 aliphatic rings. The number of rotatable bonds is 7. The van der Waals surface area contributed by atoms with Crippen molar-refractivity contribution >= 4 is 12.3 Å². The van der Waals surface area contributed by atoms with E-state index in [0.29, 0.717) is 12.8 Å². The fourth-order valence-corrected chi connectivity index (χ4v) is 1.33. The number of carbonyl (C=O) groups excluding carboxylic acids is 2. The Morgan fingerprint density at radius 1 is 1.31 bits per heavy atom. The van der Waals surface area contributed by atoms with Crippen molar-refractivity contribution in [2.75, 3.05) is 13.2 Å². The van der Waals surface area contributed by atoms with Crippen molar-refractivity contribution < 1.29 is 19.4 Å². The highest BCUT2D eigenvalue weighted by Gasteiger charge is 2.43. The lowest BCUT2D eigenvalue weighted by Gasteiger charge is -2.39. The SMILES string of the molecule is CC(C)(CCC=O)C(C)(C)C(=O)OCCO. The highest BCUT2D eigenvalue weighted by Crippen LogP contribution is 2.42. The summed E-state index contributed by atoms with van der Waals surface area (Å²) >= 11 is 0. The van der Waals surface area contributed by atoms with E-state index in [9.17, 15) is 9.59 Å². The second kappa shape index (κ2) is 5.99. The predicted molar refractivity (Wildman–Crippen MR) is 60.9 cm³/mol. The molecule has 0 radical (unpaired) electrons. The molecule has 0 unspecified atom stereocenters. The fraction of sp³-hybridized carbons (Fsp3) is 0.833. The summed E-state index contributed by atoms with van der Waals surface area (Å²) in [5.41, 5.74) is -0.994. The topological polar surface area (TPSA) is 63.6 Å². The summed E-state index contributed by atoms with van der Waals surface area (Å²) in [5.74, 6) is -0.336. The number of aliphatic hydroxyl groups is 1. The Bertz CT molecular complexity index is 243. The van der Waals surface area contributed by atoms with E-state index in [0.717, 1.165) is 6.29 Å². The van der Waals surface area contributed by atoms with Gasteiger partial charge in [-0.3, -0.25) is 4.79 Å². The van der Waals surface area contributed by atoms with Gasteiger partial charge in [0.1, 0.15) is 12.9 Å². The number of esters is 1. The van der Waals surface area contributed by atoms with Crippen molar-refractivity contribution in [1.29, 1.82) is 0 Å². The molecule has 0 aromatic carbocycles. The highest BCUT2D eigenvalue weighted by atomic mass is 16.5. The van der Waals surface area contributed by atoms with E-state index in [4.69, 9.17) is 9.84 Å². The Labute approximate surface area is 97.0 Å². The summed E-state index contributed by atoms with van der Waals surface area (Å²) in [4.78, 5) is 22.2. The molecule has 4 nitrogen and oxygen atoms in total. The van der Waals surface area contributed by atoms with Gasteiger partial charge in [0.05, 0.1) is 12.0 Å². The standard InChI is InChI=1S/C12H22O4/c1-11(2,6-5-7-13)12(3,4)10(15)16-9-8-14/h7,14H,5-6,8-9H2,1-4H3. The third kappa shape index (κ3) is 3.59. The van der Waals surface area contributed by atoms with Crippen LogP contribution in [0.3, 0.4) is 0 Å². The molecule has 0 amide bonds. The smallest absolute Gasteiger partial charge is 0.312 e. The van der Waals surface area contributed by atoms with Crippen LogP contribution in [0.2, 0.25) is 0 Å². The van der Waals surface area contributed by atoms with Gasteiger partial charge in [-0.1, -0.05) is 13.8 Å². The molecular weight excluding hydrogens is 208 g/mol. The normalized spacial score (nSPS) is 12.3. The van der Waals surface area contributed by atoms with Gasteiger partial charge < -0.3 is 14.6 Å². The molecule has 16 heavy (non-hydrogen) atoms. The maximum atomic E-state index is 11.8. The third-order valence-electron chi connectivity index (χ3n) is 3.41. The molecule has 0 saturated carbocycles. The van der Waals surface area contributed by atoms with Crippen molar-refractivity contribution in [3.8, 4) is 0 Å². The molecule has 0 aliphatic heterocycles. The molecule has 0 atom stereocenters. The van der Waals surface area contributed by atoms with Gasteiger partial charge in [0.15, 0.2) is 0 Å². The van der Waals surface area contributed by atoms with Crippen molar-refractivity contribution in [3.05, 3.63) is 0 Å². The van der Waals surface area contributed by atoms with Gasteiger partial charge in [-0.25, -0.2) is 0 Å². The van der Waals surface area contributed by atoms with E-state index < -0.39 is 5.41 Å². The molecule has 0 aliphatic carbocycles. The number of aliphatic hydroxyl groups excluding tert-OH is 1. The zero-order valence-corrected chi connectivity index (χ0v) is 10.6. The molecule has 94 valence electrons. The summed E-state index contributed by atoms with van der Waals surface area (Å²) in [5, 5.41) is 8.60. The van der Waals surface area contributed by atoms with Crippen molar-refractivity contribution in [2.45, 2.75) is 40.5 Å². The minimum absolute atomic E-state index is 0.0199. The first-order valence-electron chi connectivity index (χ1n) is 5.51. The van der Waals surface area contributed by atoms with Gasteiger partial charge in [0.2, 0.25) is 0 Å². The van der Waals surface area contributed by atoms with E-state index in [1.165, 1.54) is 0 Å². The fourth-order valence-electron chi connectivity index (χ4n) is 1.33. The van der Waals surface area contributed by atoms with Gasteiger partial charge in [-0.2, -0.15) is 0 Å². The highest BCUT2D eigenvalue weighted by molar-refractivity contribution is 5.77. The van der Waals surface area contributed by atoms with Gasteiger partial charge >= 0.3 is 5.97 Å². The maximum Gasteiger partial charge on any atom is 0.312 e. The molecule has 0 aromatic heterocycles. The van der Waals surface area contributed by atoms with E-state index in [2.05, 4.69) is 0 Å². The molecule has 0 heterocycles. The Hall–Kier alpha value is -0.900. The second-order valence-electron chi connectivity index (χ2n) is 5.07. The Kier molecular flexibility index (Phi) is 5.65. The molecule has 0 rings (SSSR count). The first kappa shape index (κ1) is 15.1. The minimum atomic E-state index is -0.675. The first-order valence-corrected chi connectivity index (χ1v) is 5.51. The predicted octanol–water partition coefficient (Wildman–Crippen LogP) is 1.55. The van der Waals surface area contributed by atoms with Crippen LogP contribution in [0.5, 0.6) is 0 Å². The van der Waals surface area contributed by atoms with Gasteiger partial charge in [-0.15, -0.1) is 0 Å². The van der Waals surface area contributed by atoms with E-state index in [1.807, 2.05) is 13.8 Å². The largest absolute Gasteiger partial charge is 0.463 e. The number of hydrogen-bond donors (Lipinski definition) is 1. The van der Waals surface area contributed by atoms with Crippen LogP contribution in [-0.4, -0.2) is 30.6 Å². The number of hydrogen-bond acceptors (Lipinski definition) is 4. The lowest BCUT2D eigenvalue weighted by atomic mass is 9.65. The Balaban J connectivity index is 4.59. The molecule has 0 fully saturated rings. The number of carbonyl (C=O) groups is 2. The molecule has 0 spiro atoms. The van der Waals surface area contributed by atoms with Crippen LogP contribution in [0.25, 0.3) is 0 Å². The molecule has 4 heteroatoms.